The molecule has 6 aliphatic rings. The van der Waals surface area contributed by atoms with Gasteiger partial charge in [-0.05, 0) is 85.8 Å². The number of hydrogen-bond acceptors (Lipinski definition) is 2. The second kappa shape index (κ2) is 6.97. The van der Waals surface area contributed by atoms with Gasteiger partial charge in [0.2, 0.25) is 0 Å². The summed E-state index contributed by atoms with van der Waals surface area (Å²) in [5, 5.41) is 0. The monoisotopic (exact) mass is 400 g/mol. The van der Waals surface area contributed by atoms with Crippen LogP contribution in [0.2, 0.25) is 0 Å². The Morgan fingerprint density at radius 2 is 0.933 bits per heavy atom. The largest absolute Gasteiger partial charge is 0.283 e. The molecule has 0 fully saturated rings. The van der Waals surface area contributed by atoms with Gasteiger partial charge >= 0.3 is 0 Å². The number of amides is 2. The van der Waals surface area contributed by atoms with Crippen LogP contribution in [0.25, 0.3) is 0 Å². The van der Waals surface area contributed by atoms with Crippen LogP contribution >= 0.6 is 0 Å². The SMILES string of the molecule is O=C1C2=C3C4=C(C=CN3C(=O)C2=C2C3=C(C=CN12)CCCCCCC3)CCCCC4. The van der Waals surface area contributed by atoms with Crippen molar-refractivity contribution in [1.82, 2.24) is 9.80 Å². The van der Waals surface area contributed by atoms with Crippen LogP contribution in [0.3, 0.4) is 0 Å². The molecule has 0 spiro atoms. The summed E-state index contributed by atoms with van der Waals surface area (Å²) in [5.74, 6) is -0.0279. The highest BCUT2D eigenvalue weighted by Gasteiger charge is 2.50. The lowest BCUT2D eigenvalue weighted by Crippen LogP contribution is -2.29. The fraction of sp³-hybridized carbons (Fsp3) is 0.462. The molecule has 4 heterocycles. The van der Waals surface area contributed by atoms with E-state index in [9.17, 15) is 9.59 Å². The molecule has 30 heavy (non-hydrogen) atoms. The lowest BCUT2D eigenvalue weighted by Gasteiger charge is -2.28. The lowest BCUT2D eigenvalue weighted by molar-refractivity contribution is -0.122. The van der Waals surface area contributed by atoms with Crippen LogP contribution in [0.15, 0.2) is 69.4 Å². The molecule has 4 heteroatoms. The molecular weight excluding hydrogens is 372 g/mol. The average molecular weight is 401 g/mol. The molecule has 4 nitrogen and oxygen atoms in total. The Balaban J connectivity index is 1.55. The van der Waals surface area contributed by atoms with E-state index >= 15 is 0 Å². The zero-order valence-corrected chi connectivity index (χ0v) is 17.5. The van der Waals surface area contributed by atoms with E-state index in [1.165, 1.54) is 60.8 Å². The van der Waals surface area contributed by atoms with Gasteiger partial charge in [-0.25, -0.2) is 0 Å². The first-order valence-corrected chi connectivity index (χ1v) is 11.7. The summed E-state index contributed by atoms with van der Waals surface area (Å²) in [7, 11) is 0. The van der Waals surface area contributed by atoms with E-state index in [2.05, 4.69) is 12.2 Å². The van der Waals surface area contributed by atoms with Crippen molar-refractivity contribution in [3.8, 4) is 0 Å². The van der Waals surface area contributed by atoms with Crippen LogP contribution in [0.1, 0.15) is 77.0 Å². The maximum absolute atomic E-state index is 13.6. The Labute approximate surface area is 178 Å². The Bertz CT molecular complexity index is 1050. The third-order valence-electron chi connectivity index (χ3n) is 7.51. The Hall–Kier alpha value is -2.62. The van der Waals surface area contributed by atoms with E-state index in [1.807, 2.05) is 12.4 Å². The number of carbonyl (C=O) groups excluding carboxylic acids is 2. The predicted octanol–water partition coefficient (Wildman–Crippen LogP) is 5.54. The van der Waals surface area contributed by atoms with E-state index in [0.29, 0.717) is 11.1 Å². The number of rotatable bonds is 0. The van der Waals surface area contributed by atoms with Crippen LogP contribution in [-0.2, 0) is 9.59 Å². The zero-order chi connectivity index (χ0) is 20.2. The normalized spacial score (nSPS) is 26.3. The summed E-state index contributed by atoms with van der Waals surface area (Å²) in [6.07, 6.45) is 21.7. The number of fused-ring (bicyclic) bond motifs is 5. The summed E-state index contributed by atoms with van der Waals surface area (Å²) in [5.41, 5.74) is 8.23. The molecule has 0 saturated carbocycles. The highest BCUT2D eigenvalue weighted by molar-refractivity contribution is 6.21. The van der Waals surface area contributed by atoms with Crippen molar-refractivity contribution in [3.05, 3.63) is 69.4 Å². The number of nitrogens with zero attached hydrogens (tertiary/aromatic N) is 2. The molecule has 0 unspecified atom stereocenters. The standard InChI is InChI=1S/C26H28N2O2/c29-25-21-22(24-20-12-8-4-6-10-18(20)14-16-28(24)25)26(30)27-15-13-17-9-5-2-1-3-7-11-19(17)23(21)27/h13-16H,1-12H2. The van der Waals surface area contributed by atoms with Crippen molar-refractivity contribution in [2.24, 2.45) is 0 Å². The summed E-state index contributed by atoms with van der Waals surface area (Å²) < 4.78 is 0. The molecular formula is C26H28N2O2. The third kappa shape index (κ3) is 2.52. The minimum atomic E-state index is -0.0140. The molecule has 4 aliphatic heterocycles. The fourth-order valence-corrected chi connectivity index (χ4v) is 6.02. The Morgan fingerprint density at radius 3 is 1.43 bits per heavy atom. The van der Waals surface area contributed by atoms with Crippen molar-refractivity contribution >= 4 is 11.8 Å². The van der Waals surface area contributed by atoms with Gasteiger partial charge in [0, 0.05) is 12.4 Å². The molecule has 0 radical (unpaired) electrons. The molecule has 0 atom stereocenters. The van der Waals surface area contributed by atoms with Gasteiger partial charge in [0.1, 0.15) is 0 Å². The summed E-state index contributed by atoms with van der Waals surface area (Å²) in [4.78, 5) is 30.8. The number of carbonyl (C=O) groups is 2. The van der Waals surface area contributed by atoms with Crippen LogP contribution in [-0.4, -0.2) is 21.6 Å². The number of hydrogen-bond donors (Lipinski definition) is 0. The molecule has 0 N–H and O–H groups in total. The molecule has 154 valence electrons. The summed E-state index contributed by atoms with van der Waals surface area (Å²) >= 11 is 0. The zero-order valence-electron chi connectivity index (χ0n) is 17.5. The highest BCUT2D eigenvalue weighted by atomic mass is 16.2. The van der Waals surface area contributed by atoms with Gasteiger partial charge in [0.05, 0.1) is 22.5 Å². The second-order valence-corrected chi connectivity index (χ2v) is 9.27. The first kappa shape index (κ1) is 18.2. The van der Waals surface area contributed by atoms with Crippen LogP contribution in [0.4, 0.5) is 0 Å². The molecule has 0 aromatic carbocycles. The van der Waals surface area contributed by atoms with Crippen LogP contribution in [0, 0.1) is 0 Å². The number of allylic oxidation sites excluding steroid dienone is 6. The van der Waals surface area contributed by atoms with Gasteiger partial charge in [-0.3, -0.25) is 19.4 Å². The topological polar surface area (TPSA) is 40.6 Å². The van der Waals surface area contributed by atoms with Gasteiger partial charge in [-0.15, -0.1) is 0 Å². The smallest absolute Gasteiger partial charge is 0.265 e. The summed E-state index contributed by atoms with van der Waals surface area (Å²) in [6, 6.07) is 0. The highest BCUT2D eigenvalue weighted by Crippen LogP contribution is 2.50. The van der Waals surface area contributed by atoms with Crippen molar-refractivity contribution in [1.29, 1.82) is 0 Å². The van der Waals surface area contributed by atoms with E-state index in [-0.39, 0.29) is 11.8 Å². The minimum absolute atomic E-state index is 0.0140. The molecule has 2 aliphatic carbocycles. The van der Waals surface area contributed by atoms with Gasteiger partial charge in [-0.2, -0.15) is 0 Å². The molecule has 6 rings (SSSR count). The summed E-state index contributed by atoms with van der Waals surface area (Å²) in [6.45, 7) is 0. The molecule has 0 aromatic rings. The van der Waals surface area contributed by atoms with E-state index < -0.39 is 0 Å². The van der Waals surface area contributed by atoms with E-state index in [1.54, 1.807) is 9.80 Å². The van der Waals surface area contributed by atoms with Gasteiger partial charge in [0.25, 0.3) is 11.8 Å². The van der Waals surface area contributed by atoms with Crippen molar-refractivity contribution in [3.63, 3.8) is 0 Å². The van der Waals surface area contributed by atoms with Crippen molar-refractivity contribution in [2.45, 2.75) is 77.0 Å². The molecule has 0 aromatic heterocycles. The first-order valence-electron chi connectivity index (χ1n) is 11.7. The molecule has 0 saturated heterocycles. The van der Waals surface area contributed by atoms with Crippen molar-refractivity contribution < 1.29 is 9.59 Å². The van der Waals surface area contributed by atoms with Crippen LogP contribution < -0.4 is 0 Å². The Kier molecular flexibility index (Phi) is 4.22. The third-order valence-corrected chi connectivity index (χ3v) is 7.51. The quantitative estimate of drug-likeness (QED) is 0.536. The van der Waals surface area contributed by atoms with E-state index in [0.717, 1.165) is 49.9 Å². The maximum Gasteiger partial charge on any atom is 0.265 e. The van der Waals surface area contributed by atoms with Gasteiger partial charge < -0.3 is 0 Å². The van der Waals surface area contributed by atoms with E-state index in [4.69, 9.17) is 0 Å². The molecule has 2 amide bonds. The van der Waals surface area contributed by atoms with Crippen LogP contribution in [0.5, 0.6) is 0 Å². The average Bonchev–Trinajstić information content (AvgIpc) is 3.13. The molecule has 0 bridgehead atoms. The Morgan fingerprint density at radius 1 is 0.533 bits per heavy atom. The first-order chi connectivity index (χ1) is 14.8. The van der Waals surface area contributed by atoms with Crippen molar-refractivity contribution in [2.75, 3.05) is 0 Å². The maximum atomic E-state index is 13.6. The lowest BCUT2D eigenvalue weighted by atomic mass is 9.92. The van der Waals surface area contributed by atoms with Gasteiger partial charge in [0.15, 0.2) is 0 Å². The minimum Gasteiger partial charge on any atom is -0.283 e. The van der Waals surface area contributed by atoms with Gasteiger partial charge in [-0.1, -0.05) is 25.7 Å². The fourth-order valence-electron chi connectivity index (χ4n) is 6.02. The predicted molar refractivity (Wildman–Crippen MR) is 115 cm³/mol. The second-order valence-electron chi connectivity index (χ2n) is 9.27.